The van der Waals surface area contributed by atoms with Gasteiger partial charge in [0.05, 0.1) is 7.11 Å². The number of benzene rings is 2. The lowest BCUT2D eigenvalue weighted by Gasteiger charge is -2.11. The maximum absolute atomic E-state index is 13.7. The summed E-state index contributed by atoms with van der Waals surface area (Å²) in [6.07, 6.45) is 0. The lowest BCUT2D eigenvalue weighted by atomic mass is 10.3. The molecular weight excluding hydrogens is 428 g/mol. The lowest BCUT2D eigenvalue weighted by Crippen LogP contribution is -2.30. The molecule has 164 valence electrons. The van der Waals surface area contributed by atoms with Gasteiger partial charge in [0.1, 0.15) is 23.2 Å². The topological polar surface area (TPSA) is 105 Å². The first kappa shape index (κ1) is 22.4. The maximum Gasteiger partial charge on any atom is 0.246 e. The van der Waals surface area contributed by atoms with E-state index in [0.717, 1.165) is 29.6 Å². The molecule has 0 spiro atoms. The first-order valence-electron chi connectivity index (χ1n) is 9.23. The molecule has 0 aliphatic rings. The summed E-state index contributed by atoms with van der Waals surface area (Å²) in [5, 5.41) is 6.03. The zero-order valence-corrected chi connectivity index (χ0v) is 17.6. The van der Waals surface area contributed by atoms with Crippen molar-refractivity contribution >= 4 is 27.5 Å². The monoisotopic (exact) mass is 449 g/mol. The summed E-state index contributed by atoms with van der Waals surface area (Å²) >= 11 is 0. The van der Waals surface area contributed by atoms with Crippen LogP contribution in [0.1, 0.15) is 5.69 Å². The summed E-state index contributed by atoms with van der Waals surface area (Å²) in [6.45, 7) is 1.76. The number of halogens is 2. The number of ether oxygens (including phenoxy) is 1. The van der Waals surface area contributed by atoms with Crippen molar-refractivity contribution in [3.05, 3.63) is 65.9 Å². The zero-order chi connectivity index (χ0) is 22.4. The highest BCUT2D eigenvalue weighted by Gasteiger charge is 2.23. The molecule has 0 amide bonds. The standard InChI is InChI=1S/C20H21F2N5O3S/c1-13-12-18(26-14-6-8-15(30-2)9-7-14)27-20(25-13)23-10-11-24-31(28,29)19-16(21)4-3-5-17(19)22/h3-9,12,24H,10-11H2,1-2H3,(H2,23,25,26,27). The van der Waals surface area contributed by atoms with E-state index in [9.17, 15) is 17.2 Å². The second-order valence-electron chi connectivity index (χ2n) is 6.45. The minimum absolute atomic E-state index is 0.0979. The number of rotatable bonds is 9. The van der Waals surface area contributed by atoms with Crippen LogP contribution in [0.25, 0.3) is 0 Å². The second-order valence-corrected chi connectivity index (χ2v) is 8.15. The maximum atomic E-state index is 13.7. The molecule has 0 saturated heterocycles. The summed E-state index contributed by atoms with van der Waals surface area (Å²) in [7, 11) is -2.76. The fourth-order valence-electron chi connectivity index (χ4n) is 2.70. The van der Waals surface area contributed by atoms with Gasteiger partial charge in [-0.3, -0.25) is 0 Å². The van der Waals surface area contributed by atoms with Crippen molar-refractivity contribution in [1.29, 1.82) is 0 Å². The molecule has 3 rings (SSSR count). The molecule has 3 N–H and O–H groups in total. The average molecular weight is 449 g/mol. The van der Waals surface area contributed by atoms with Crippen LogP contribution in [0, 0.1) is 18.6 Å². The number of aryl methyl sites for hydroxylation is 1. The van der Waals surface area contributed by atoms with E-state index in [0.29, 0.717) is 11.5 Å². The SMILES string of the molecule is COc1ccc(Nc2cc(C)nc(NCCNS(=O)(=O)c3c(F)cccc3F)n2)cc1. The summed E-state index contributed by atoms with van der Waals surface area (Å²) in [4.78, 5) is 7.57. The molecule has 0 saturated carbocycles. The molecule has 0 aliphatic heterocycles. The molecular formula is C20H21F2N5O3S. The summed E-state index contributed by atoms with van der Waals surface area (Å²) in [5.74, 6) is -0.778. The Labute approximate surface area is 178 Å². The lowest BCUT2D eigenvalue weighted by molar-refractivity contribution is 0.415. The van der Waals surface area contributed by atoms with E-state index < -0.39 is 26.6 Å². The van der Waals surface area contributed by atoms with Gasteiger partial charge in [-0.2, -0.15) is 4.98 Å². The van der Waals surface area contributed by atoms with Crippen molar-refractivity contribution < 1.29 is 21.9 Å². The molecule has 8 nitrogen and oxygen atoms in total. The normalized spacial score (nSPS) is 11.2. The van der Waals surface area contributed by atoms with Gasteiger partial charge >= 0.3 is 0 Å². The highest BCUT2D eigenvalue weighted by molar-refractivity contribution is 7.89. The third kappa shape index (κ3) is 5.86. The van der Waals surface area contributed by atoms with E-state index in [2.05, 4.69) is 25.3 Å². The van der Waals surface area contributed by atoms with Crippen LogP contribution in [0.3, 0.4) is 0 Å². The molecule has 3 aromatic rings. The zero-order valence-electron chi connectivity index (χ0n) is 16.8. The smallest absolute Gasteiger partial charge is 0.246 e. The summed E-state index contributed by atoms with van der Waals surface area (Å²) < 4.78 is 59.1. The Balaban J connectivity index is 1.60. The Hall–Kier alpha value is -3.31. The molecule has 0 unspecified atom stereocenters. The van der Waals surface area contributed by atoms with Gasteiger partial charge in [-0.1, -0.05) is 6.07 Å². The van der Waals surface area contributed by atoms with Gasteiger partial charge in [0.15, 0.2) is 4.90 Å². The Bertz CT molecular complexity index is 1140. The van der Waals surface area contributed by atoms with Crippen molar-refractivity contribution in [3.8, 4) is 5.75 Å². The Morgan fingerprint density at radius 2 is 1.68 bits per heavy atom. The largest absolute Gasteiger partial charge is 0.497 e. The highest BCUT2D eigenvalue weighted by atomic mass is 32.2. The van der Waals surface area contributed by atoms with E-state index in [-0.39, 0.29) is 19.0 Å². The molecule has 11 heteroatoms. The molecule has 2 aromatic carbocycles. The molecule has 1 heterocycles. The molecule has 1 aromatic heterocycles. The number of sulfonamides is 1. The first-order valence-corrected chi connectivity index (χ1v) is 10.7. The van der Waals surface area contributed by atoms with Crippen molar-refractivity contribution in [3.63, 3.8) is 0 Å². The molecule has 0 fully saturated rings. The van der Waals surface area contributed by atoms with Crippen LogP contribution in [0.2, 0.25) is 0 Å². The second kappa shape index (κ2) is 9.67. The van der Waals surface area contributed by atoms with Crippen LogP contribution in [0.5, 0.6) is 5.75 Å². The van der Waals surface area contributed by atoms with Crippen LogP contribution < -0.4 is 20.1 Å². The Kier molecular flexibility index (Phi) is 6.98. The number of anilines is 3. The van der Waals surface area contributed by atoms with E-state index in [1.54, 1.807) is 32.2 Å². The van der Waals surface area contributed by atoms with E-state index >= 15 is 0 Å². The Morgan fingerprint density at radius 1 is 1.00 bits per heavy atom. The molecule has 0 aliphatic carbocycles. The summed E-state index contributed by atoms with van der Waals surface area (Å²) in [6, 6.07) is 11.9. The van der Waals surface area contributed by atoms with Gasteiger partial charge in [-0.25, -0.2) is 26.9 Å². The van der Waals surface area contributed by atoms with Crippen LogP contribution >= 0.6 is 0 Å². The highest BCUT2D eigenvalue weighted by Crippen LogP contribution is 2.20. The van der Waals surface area contributed by atoms with Crippen LogP contribution in [-0.4, -0.2) is 38.6 Å². The predicted molar refractivity (Wildman–Crippen MR) is 113 cm³/mol. The van der Waals surface area contributed by atoms with Crippen molar-refractivity contribution in [1.82, 2.24) is 14.7 Å². The quantitative estimate of drug-likeness (QED) is 0.431. The van der Waals surface area contributed by atoms with E-state index in [4.69, 9.17) is 4.74 Å². The molecule has 0 atom stereocenters. The van der Waals surface area contributed by atoms with Gasteiger partial charge in [0.2, 0.25) is 16.0 Å². The van der Waals surface area contributed by atoms with E-state index in [1.165, 1.54) is 0 Å². The fraction of sp³-hybridized carbons (Fsp3) is 0.200. The van der Waals surface area contributed by atoms with E-state index in [1.807, 2.05) is 12.1 Å². The van der Waals surface area contributed by atoms with Crippen LogP contribution in [0.4, 0.5) is 26.2 Å². The minimum Gasteiger partial charge on any atom is -0.497 e. The van der Waals surface area contributed by atoms with Crippen LogP contribution in [0.15, 0.2) is 53.4 Å². The number of hydrogen-bond donors (Lipinski definition) is 3. The fourth-order valence-corrected chi connectivity index (χ4v) is 3.87. The number of nitrogens with zero attached hydrogens (tertiary/aromatic N) is 2. The number of aromatic nitrogens is 2. The van der Waals surface area contributed by atoms with Gasteiger partial charge in [0.25, 0.3) is 0 Å². The average Bonchev–Trinajstić information content (AvgIpc) is 2.71. The summed E-state index contributed by atoms with van der Waals surface area (Å²) in [5.41, 5.74) is 1.48. The third-order valence-corrected chi connectivity index (χ3v) is 5.62. The van der Waals surface area contributed by atoms with Crippen molar-refractivity contribution in [2.75, 3.05) is 30.8 Å². The van der Waals surface area contributed by atoms with Crippen molar-refractivity contribution in [2.45, 2.75) is 11.8 Å². The molecule has 0 bridgehead atoms. The number of hydrogen-bond acceptors (Lipinski definition) is 7. The van der Waals surface area contributed by atoms with Crippen molar-refractivity contribution in [2.24, 2.45) is 0 Å². The van der Waals surface area contributed by atoms with Gasteiger partial charge < -0.3 is 15.4 Å². The number of methoxy groups -OCH3 is 1. The molecule has 0 radical (unpaired) electrons. The Morgan fingerprint density at radius 3 is 2.32 bits per heavy atom. The molecule has 31 heavy (non-hydrogen) atoms. The van der Waals surface area contributed by atoms with Crippen LogP contribution in [-0.2, 0) is 10.0 Å². The predicted octanol–water partition coefficient (Wildman–Crippen LogP) is 3.21. The third-order valence-electron chi connectivity index (χ3n) is 4.10. The van der Waals surface area contributed by atoms with Gasteiger partial charge in [0, 0.05) is 30.5 Å². The number of nitrogens with one attached hydrogen (secondary N) is 3. The van der Waals surface area contributed by atoms with Gasteiger partial charge in [-0.15, -0.1) is 0 Å². The van der Waals surface area contributed by atoms with Gasteiger partial charge in [-0.05, 0) is 43.3 Å². The first-order chi connectivity index (χ1) is 14.8. The minimum atomic E-state index is -4.34.